The summed E-state index contributed by atoms with van der Waals surface area (Å²) in [6.45, 7) is 4.35. The number of terminal acetylenes is 1. The highest BCUT2D eigenvalue weighted by Gasteiger charge is 2.11. The van der Waals surface area contributed by atoms with Crippen LogP contribution in [0.3, 0.4) is 0 Å². The molecule has 0 amide bonds. The molecule has 0 radical (unpaired) electrons. The van der Waals surface area contributed by atoms with E-state index < -0.39 is 10.8 Å². The highest BCUT2D eigenvalue weighted by atomic mass is 32.2. The minimum absolute atomic E-state index is 0.652. The Hall–Kier alpha value is -1.93. The van der Waals surface area contributed by atoms with Gasteiger partial charge < -0.3 is 9.64 Å². The van der Waals surface area contributed by atoms with E-state index in [1.165, 1.54) is 49.2 Å². The standard InChI is InChI=1S/C22H29NO2S.C2H2/c1-25-17-4-18-26(24)22-11-9-21(10-12-22)20-7-5-19(6-8-20)13-16-23-14-2-3-15-23;1-2/h5-12H,2-4,13-18H2,1H3;1-2H. The lowest BCUT2D eigenvalue weighted by atomic mass is 10.0. The number of benzene rings is 2. The minimum Gasteiger partial charge on any atom is -0.385 e. The first-order valence-corrected chi connectivity index (χ1v) is 11.2. The Labute approximate surface area is 172 Å². The number of nitrogens with zero attached hydrogens (tertiary/aromatic N) is 1. The van der Waals surface area contributed by atoms with Gasteiger partial charge in [0.15, 0.2) is 0 Å². The van der Waals surface area contributed by atoms with Crippen molar-refractivity contribution in [2.24, 2.45) is 0 Å². The van der Waals surface area contributed by atoms with Crippen molar-refractivity contribution < 1.29 is 8.95 Å². The third-order valence-corrected chi connectivity index (χ3v) is 6.46. The van der Waals surface area contributed by atoms with E-state index in [0.717, 1.165) is 17.7 Å². The summed E-state index contributed by atoms with van der Waals surface area (Å²) in [6.07, 6.45) is 12.7. The van der Waals surface area contributed by atoms with Crippen molar-refractivity contribution in [2.75, 3.05) is 39.1 Å². The molecule has 1 fully saturated rings. The summed E-state index contributed by atoms with van der Waals surface area (Å²) in [5.41, 5.74) is 3.79. The van der Waals surface area contributed by atoms with E-state index in [4.69, 9.17) is 4.74 Å². The van der Waals surface area contributed by atoms with E-state index >= 15 is 0 Å². The maximum Gasteiger partial charge on any atom is 0.0530 e. The molecule has 1 saturated heterocycles. The number of hydrogen-bond donors (Lipinski definition) is 0. The van der Waals surface area contributed by atoms with Crippen LogP contribution in [0, 0.1) is 12.8 Å². The normalized spacial score (nSPS) is 15.0. The van der Waals surface area contributed by atoms with Crippen LogP contribution >= 0.6 is 0 Å². The molecule has 1 aliphatic rings. The lowest BCUT2D eigenvalue weighted by Crippen LogP contribution is -2.21. The molecule has 0 bridgehead atoms. The smallest absolute Gasteiger partial charge is 0.0530 e. The molecule has 2 aromatic rings. The highest BCUT2D eigenvalue weighted by molar-refractivity contribution is 7.85. The van der Waals surface area contributed by atoms with Crippen molar-refractivity contribution in [3.05, 3.63) is 54.1 Å². The van der Waals surface area contributed by atoms with Crippen molar-refractivity contribution in [3.63, 3.8) is 0 Å². The van der Waals surface area contributed by atoms with Gasteiger partial charge in [0, 0.05) is 30.9 Å². The first-order chi connectivity index (χ1) is 13.8. The van der Waals surface area contributed by atoms with E-state index in [-0.39, 0.29) is 0 Å². The molecule has 1 atom stereocenters. The van der Waals surface area contributed by atoms with Crippen molar-refractivity contribution in [1.82, 2.24) is 4.90 Å². The van der Waals surface area contributed by atoms with Crippen LogP contribution in [0.1, 0.15) is 24.8 Å². The fourth-order valence-electron chi connectivity index (χ4n) is 3.41. The molecule has 3 rings (SSSR count). The minimum atomic E-state index is -0.942. The fourth-order valence-corrected chi connectivity index (χ4v) is 4.46. The van der Waals surface area contributed by atoms with Gasteiger partial charge >= 0.3 is 0 Å². The molecule has 1 unspecified atom stereocenters. The molecular weight excluding hydrogens is 366 g/mol. The Bertz CT molecular complexity index is 731. The Balaban J connectivity index is 0.00000136. The summed E-state index contributed by atoms with van der Waals surface area (Å²) >= 11 is 0. The molecular formula is C24H31NO2S. The predicted molar refractivity (Wildman–Crippen MR) is 119 cm³/mol. The Morgan fingerprint density at radius 1 is 0.964 bits per heavy atom. The first kappa shape index (κ1) is 22.4. The highest BCUT2D eigenvalue weighted by Crippen LogP contribution is 2.22. The first-order valence-electron chi connectivity index (χ1n) is 9.88. The summed E-state index contributed by atoms with van der Waals surface area (Å²) in [4.78, 5) is 3.45. The molecule has 0 aliphatic carbocycles. The second-order valence-corrected chi connectivity index (χ2v) is 8.49. The topological polar surface area (TPSA) is 29.5 Å². The van der Waals surface area contributed by atoms with Crippen molar-refractivity contribution in [1.29, 1.82) is 0 Å². The summed E-state index contributed by atoms with van der Waals surface area (Å²) in [5.74, 6) is 0.652. The number of methoxy groups -OCH3 is 1. The summed E-state index contributed by atoms with van der Waals surface area (Å²) in [7, 11) is 0.734. The fraction of sp³-hybridized carbons (Fsp3) is 0.417. The molecule has 2 aromatic carbocycles. The quantitative estimate of drug-likeness (QED) is 0.464. The average molecular weight is 398 g/mol. The number of ether oxygens (including phenoxy) is 1. The largest absolute Gasteiger partial charge is 0.385 e. The van der Waals surface area contributed by atoms with E-state index in [9.17, 15) is 4.21 Å². The molecule has 0 saturated carbocycles. The predicted octanol–water partition coefficient (Wildman–Crippen LogP) is 4.39. The monoisotopic (exact) mass is 397 g/mol. The molecule has 0 aromatic heterocycles. The lowest BCUT2D eigenvalue weighted by molar-refractivity contribution is 0.200. The van der Waals surface area contributed by atoms with Gasteiger partial charge in [0.2, 0.25) is 0 Å². The van der Waals surface area contributed by atoms with Gasteiger partial charge in [-0.25, -0.2) is 0 Å². The third kappa shape index (κ3) is 6.91. The molecule has 28 heavy (non-hydrogen) atoms. The van der Waals surface area contributed by atoms with Gasteiger partial charge in [0.05, 0.1) is 10.8 Å². The van der Waals surface area contributed by atoms with Crippen LogP contribution in [0.2, 0.25) is 0 Å². The SMILES string of the molecule is C#C.COCCCS(=O)c1ccc(-c2ccc(CCN3CCCC3)cc2)cc1. The molecule has 1 heterocycles. The Morgan fingerprint density at radius 2 is 1.54 bits per heavy atom. The van der Waals surface area contributed by atoms with Gasteiger partial charge in [0.25, 0.3) is 0 Å². The van der Waals surface area contributed by atoms with E-state index in [1.54, 1.807) is 7.11 Å². The summed E-state index contributed by atoms with van der Waals surface area (Å²) in [5, 5.41) is 0. The molecule has 4 heteroatoms. The Kier molecular flexibility index (Phi) is 9.99. The van der Waals surface area contributed by atoms with Gasteiger partial charge in [-0.1, -0.05) is 36.4 Å². The molecule has 3 nitrogen and oxygen atoms in total. The number of rotatable bonds is 9. The van der Waals surface area contributed by atoms with E-state index in [1.807, 2.05) is 12.1 Å². The molecule has 1 aliphatic heterocycles. The average Bonchev–Trinajstić information content (AvgIpc) is 3.28. The Morgan fingerprint density at radius 3 is 2.11 bits per heavy atom. The van der Waals surface area contributed by atoms with Crippen LogP contribution in [0.5, 0.6) is 0 Å². The van der Waals surface area contributed by atoms with Crippen LogP contribution in [0.25, 0.3) is 11.1 Å². The lowest BCUT2D eigenvalue weighted by Gasteiger charge is -2.14. The maximum absolute atomic E-state index is 12.2. The molecule has 0 N–H and O–H groups in total. The second-order valence-electron chi connectivity index (χ2n) is 6.92. The molecule has 0 spiro atoms. The van der Waals surface area contributed by atoms with Gasteiger partial charge in [-0.15, -0.1) is 12.8 Å². The van der Waals surface area contributed by atoms with E-state index in [2.05, 4.69) is 54.1 Å². The zero-order chi connectivity index (χ0) is 20.2. The molecule has 150 valence electrons. The van der Waals surface area contributed by atoms with Crippen molar-refractivity contribution in [2.45, 2.75) is 30.6 Å². The van der Waals surface area contributed by atoms with E-state index in [0.29, 0.717) is 12.4 Å². The second kappa shape index (κ2) is 12.5. The van der Waals surface area contributed by atoms with Crippen LogP contribution in [-0.4, -0.2) is 48.2 Å². The van der Waals surface area contributed by atoms with Gasteiger partial charge in [-0.05, 0) is 67.6 Å². The summed E-state index contributed by atoms with van der Waals surface area (Å²) < 4.78 is 17.3. The third-order valence-electron chi connectivity index (χ3n) is 5.00. The maximum atomic E-state index is 12.2. The van der Waals surface area contributed by atoms with Crippen LogP contribution in [0.4, 0.5) is 0 Å². The summed E-state index contributed by atoms with van der Waals surface area (Å²) in [6, 6.07) is 17.0. The number of likely N-dealkylation sites (tertiary alicyclic amines) is 1. The van der Waals surface area contributed by atoms with Crippen LogP contribution < -0.4 is 0 Å². The van der Waals surface area contributed by atoms with Crippen molar-refractivity contribution in [3.8, 4) is 24.0 Å². The number of hydrogen-bond acceptors (Lipinski definition) is 3. The zero-order valence-electron chi connectivity index (χ0n) is 16.8. The zero-order valence-corrected chi connectivity index (χ0v) is 17.6. The van der Waals surface area contributed by atoms with Gasteiger partial charge in [-0.2, -0.15) is 0 Å². The van der Waals surface area contributed by atoms with Gasteiger partial charge in [-0.3, -0.25) is 4.21 Å². The van der Waals surface area contributed by atoms with Gasteiger partial charge in [0.1, 0.15) is 0 Å². The van der Waals surface area contributed by atoms with Crippen molar-refractivity contribution >= 4 is 10.8 Å². The van der Waals surface area contributed by atoms with Crippen LogP contribution in [-0.2, 0) is 22.0 Å². The van der Waals surface area contributed by atoms with Crippen LogP contribution in [0.15, 0.2) is 53.4 Å².